The van der Waals surface area contributed by atoms with E-state index in [-0.39, 0.29) is 12.3 Å². The van der Waals surface area contributed by atoms with E-state index in [1.54, 1.807) is 40.0 Å². The predicted molar refractivity (Wildman–Crippen MR) is 151 cm³/mol. The number of methoxy groups -OCH3 is 1. The van der Waals surface area contributed by atoms with Crippen LogP contribution in [-0.4, -0.2) is 47.2 Å². The molecule has 210 valence electrons. The highest BCUT2D eigenvalue weighted by atomic mass is 16.6. The average molecular weight is 518 g/mol. The number of hydrogen-bond donors (Lipinski definition) is 1. The lowest BCUT2D eigenvalue weighted by Crippen LogP contribution is -2.48. The Labute approximate surface area is 225 Å². The summed E-state index contributed by atoms with van der Waals surface area (Å²) in [5.41, 5.74) is 0.0891. The highest BCUT2D eigenvalue weighted by Crippen LogP contribution is 2.19. The van der Waals surface area contributed by atoms with Crippen LogP contribution in [0.2, 0.25) is 0 Å². The van der Waals surface area contributed by atoms with E-state index in [9.17, 15) is 14.7 Å². The van der Waals surface area contributed by atoms with E-state index in [4.69, 9.17) is 9.47 Å². The largest absolute Gasteiger partial charge is 0.497 e. The van der Waals surface area contributed by atoms with Crippen molar-refractivity contribution in [2.75, 3.05) is 13.7 Å². The molecule has 1 aromatic carbocycles. The molecule has 0 unspecified atom stereocenters. The van der Waals surface area contributed by atoms with Gasteiger partial charge in [0.2, 0.25) is 0 Å². The van der Waals surface area contributed by atoms with Crippen LogP contribution in [-0.2, 0) is 16.1 Å². The van der Waals surface area contributed by atoms with Gasteiger partial charge >= 0.3 is 6.09 Å². The molecule has 0 aliphatic carbocycles. The fourth-order valence-electron chi connectivity index (χ4n) is 4.13. The van der Waals surface area contributed by atoms with Crippen molar-refractivity contribution in [1.29, 1.82) is 0 Å². The Morgan fingerprint density at radius 1 is 0.919 bits per heavy atom. The minimum Gasteiger partial charge on any atom is -0.497 e. The van der Waals surface area contributed by atoms with E-state index in [0.29, 0.717) is 5.75 Å². The summed E-state index contributed by atoms with van der Waals surface area (Å²) in [6.45, 7) is 7.25. The highest BCUT2D eigenvalue weighted by Gasteiger charge is 2.31. The summed E-state index contributed by atoms with van der Waals surface area (Å²) in [6, 6.07) is 6.25. The molecular weight excluding hydrogens is 466 g/mol. The zero-order chi connectivity index (χ0) is 27.5. The second-order valence-electron chi connectivity index (χ2n) is 10.8. The molecule has 37 heavy (non-hydrogen) atoms. The Morgan fingerprint density at radius 2 is 1.46 bits per heavy atom. The Hall–Kier alpha value is -2.34. The molecule has 0 aliphatic rings. The number of nitrogens with zero attached hydrogens (tertiary/aromatic N) is 1. The molecule has 1 N–H and O–H groups in total. The fourth-order valence-corrected chi connectivity index (χ4v) is 4.13. The van der Waals surface area contributed by atoms with Gasteiger partial charge in [0.1, 0.15) is 17.4 Å². The highest BCUT2D eigenvalue weighted by molar-refractivity contribution is 5.96. The monoisotopic (exact) mass is 517 g/mol. The van der Waals surface area contributed by atoms with Crippen LogP contribution in [0.5, 0.6) is 5.75 Å². The van der Waals surface area contributed by atoms with Crippen LogP contribution in [0.25, 0.3) is 0 Å². The normalized spacial score (nSPS) is 12.5. The first kappa shape index (κ1) is 32.7. The molecule has 6 nitrogen and oxygen atoms in total. The number of aliphatic hydroxyl groups is 1. The number of carbonyl (C=O) groups is 2. The van der Waals surface area contributed by atoms with Crippen LogP contribution in [0.4, 0.5) is 4.79 Å². The number of aliphatic hydroxyl groups excluding tert-OH is 1. The van der Waals surface area contributed by atoms with Gasteiger partial charge in [-0.05, 0) is 57.4 Å². The van der Waals surface area contributed by atoms with Crippen molar-refractivity contribution in [2.45, 2.75) is 123 Å². The van der Waals surface area contributed by atoms with Gasteiger partial charge in [-0.15, -0.1) is 0 Å². The number of hydrogen-bond acceptors (Lipinski definition) is 5. The summed E-state index contributed by atoms with van der Waals surface area (Å²) < 4.78 is 10.7. The van der Waals surface area contributed by atoms with Crippen molar-refractivity contribution in [1.82, 2.24) is 4.90 Å². The molecule has 0 saturated heterocycles. The Kier molecular flexibility index (Phi) is 16.6. The molecule has 0 radical (unpaired) electrons. The molecule has 1 rings (SSSR count). The molecule has 0 spiro atoms. The zero-order valence-electron chi connectivity index (χ0n) is 24.0. The SMILES string of the molecule is CCCCCCCCCCCCC/C=C/C(=O)[C@H](CO)N(Cc1ccc(OC)cc1)C(=O)OC(C)(C)C. The molecule has 6 heteroatoms. The van der Waals surface area contributed by atoms with E-state index >= 15 is 0 Å². The van der Waals surface area contributed by atoms with Gasteiger partial charge in [-0.3, -0.25) is 9.69 Å². The fraction of sp³-hybridized carbons (Fsp3) is 0.677. The van der Waals surface area contributed by atoms with Gasteiger partial charge in [0.05, 0.1) is 13.7 Å². The van der Waals surface area contributed by atoms with Gasteiger partial charge in [0, 0.05) is 6.54 Å². The maximum absolute atomic E-state index is 13.0. The van der Waals surface area contributed by atoms with Crippen LogP contribution in [0, 0.1) is 0 Å². The van der Waals surface area contributed by atoms with E-state index in [1.807, 2.05) is 18.2 Å². The molecule has 0 saturated carbocycles. The number of allylic oxidation sites excluding steroid dienone is 1. The summed E-state index contributed by atoms with van der Waals surface area (Å²) in [5.74, 6) is 0.401. The van der Waals surface area contributed by atoms with Crippen molar-refractivity contribution < 1.29 is 24.2 Å². The van der Waals surface area contributed by atoms with Crippen LogP contribution in [0.1, 0.15) is 110 Å². The third kappa shape index (κ3) is 14.9. The molecule has 0 heterocycles. The van der Waals surface area contributed by atoms with Crippen molar-refractivity contribution in [2.24, 2.45) is 0 Å². The van der Waals surface area contributed by atoms with Crippen molar-refractivity contribution >= 4 is 11.9 Å². The van der Waals surface area contributed by atoms with E-state index in [1.165, 1.54) is 68.8 Å². The molecule has 0 fully saturated rings. The molecule has 0 aromatic heterocycles. The topological polar surface area (TPSA) is 76.1 Å². The van der Waals surface area contributed by atoms with E-state index in [2.05, 4.69) is 6.92 Å². The second-order valence-corrected chi connectivity index (χ2v) is 10.8. The second kappa shape index (κ2) is 18.8. The van der Waals surface area contributed by atoms with Gasteiger partial charge in [-0.25, -0.2) is 4.79 Å². The summed E-state index contributed by atoms with van der Waals surface area (Å²) in [6.07, 6.45) is 17.6. The molecular formula is C31H51NO5. The van der Waals surface area contributed by atoms with Crippen LogP contribution >= 0.6 is 0 Å². The van der Waals surface area contributed by atoms with Crippen LogP contribution in [0.3, 0.4) is 0 Å². The van der Waals surface area contributed by atoms with Gasteiger partial charge in [-0.2, -0.15) is 0 Å². The maximum Gasteiger partial charge on any atom is 0.411 e. The van der Waals surface area contributed by atoms with Crippen LogP contribution < -0.4 is 4.74 Å². The number of rotatable bonds is 19. The van der Waals surface area contributed by atoms with Crippen molar-refractivity contribution in [3.8, 4) is 5.75 Å². The predicted octanol–water partition coefficient (Wildman–Crippen LogP) is 7.62. The molecule has 1 aromatic rings. The number of unbranched alkanes of at least 4 members (excludes halogenated alkanes) is 11. The summed E-state index contributed by atoms with van der Waals surface area (Å²) in [5, 5.41) is 10.1. The smallest absolute Gasteiger partial charge is 0.411 e. The van der Waals surface area contributed by atoms with Gasteiger partial charge in [0.25, 0.3) is 0 Å². The standard InChI is InChI=1S/C31H51NO5/c1-6-7-8-9-10-11-12-13-14-15-16-17-18-19-29(34)28(25-33)32(30(35)37-31(2,3)4)24-26-20-22-27(36-5)23-21-26/h18-23,28,33H,6-17,24-25H2,1-5H3/b19-18+/t28-/m0/s1. The third-order valence-electron chi connectivity index (χ3n) is 6.27. The number of benzene rings is 1. The first-order valence-electron chi connectivity index (χ1n) is 14.2. The van der Waals surface area contributed by atoms with E-state index in [0.717, 1.165) is 24.8 Å². The number of ketones is 1. The number of ether oxygens (including phenoxy) is 2. The average Bonchev–Trinajstić information content (AvgIpc) is 2.86. The first-order chi connectivity index (χ1) is 17.7. The lowest BCUT2D eigenvalue weighted by atomic mass is 10.0. The van der Waals surface area contributed by atoms with Gasteiger partial charge < -0.3 is 14.6 Å². The number of amides is 1. The van der Waals surface area contributed by atoms with Crippen LogP contribution in [0.15, 0.2) is 36.4 Å². The molecule has 1 atom stereocenters. The minimum atomic E-state index is -1.01. The quantitative estimate of drug-likeness (QED) is 0.151. The summed E-state index contributed by atoms with van der Waals surface area (Å²) >= 11 is 0. The Balaban J connectivity index is 2.56. The minimum absolute atomic E-state index is 0.141. The lowest BCUT2D eigenvalue weighted by Gasteiger charge is -2.31. The van der Waals surface area contributed by atoms with Crippen molar-refractivity contribution in [3.05, 3.63) is 42.0 Å². The molecule has 1 amide bonds. The van der Waals surface area contributed by atoms with E-state index < -0.39 is 24.3 Å². The lowest BCUT2D eigenvalue weighted by molar-refractivity contribution is -0.121. The molecule has 0 bridgehead atoms. The summed E-state index contributed by atoms with van der Waals surface area (Å²) in [7, 11) is 1.59. The zero-order valence-corrected chi connectivity index (χ0v) is 24.0. The van der Waals surface area contributed by atoms with Gasteiger partial charge in [0.15, 0.2) is 5.78 Å². The number of carbonyl (C=O) groups excluding carboxylic acids is 2. The Bertz CT molecular complexity index is 782. The summed E-state index contributed by atoms with van der Waals surface area (Å²) in [4.78, 5) is 27.2. The molecule has 0 aliphatic heterocycles. The van der Waals surface area contributed by atoms with Gasteiger partial charge in [-0.1, -0.05) is 89.3 Å². The third-order valence-corrected chi connectivity index (χ3v) is 6.27. The Morgan fingerprint density at radius 3 is 1.95 bits per heavy atom. The first-order valence-corrected chi connectivity index (χ1v) is 14.2. The van der Waals surface area contributed by atoms with Crippen molar-refractivity contribution in [3.63, 3.8) is 0 Å². The maximum atomic E-state index is 13.0.